The molecule has 0 atom stereocenters. The minimum Gasteiger partial charge on any atom is -0.378 e. The van der Waals surface area contributed by atoms with E-state index < -0.39 is 0 Å². The van der Waals surface area contributed by atoms with E-state index in [-0.39, 0.29) is 5.91 Å². The molecule has 8 heteroatoms. The molecule has 1 amide bonds. The van der Waals surface area contributed by atoms with Gasteiger partial charge in [-0.15, -0.1) is 0 Å². The van der Waals surface area contributed by atoms with Crippen LogP contribution in [0.2, 0.25) is 0 Å². The first-order chi connectivity index (χ1) is 15.7. The van der Waals surface area contributed by atoms with Gasteiger partial charge in [0.2, 0.25) is 11.9 Å². The summed E-state index contributed by atoms with van der Waals surface area (Å²) in [6.07, 6.45) is 0.952. The lowest BCUT2D eigenvalue weighted by atomic mass is 10.0. The summed E-state index contributed by atoms with van der Waals surface area (Å²) in [6, 6.07) is 10.6. The van der Waals surface area contributed by atoms with E-state index in [0.29, 0.717) is 13.2 Å². The van der Waals surface area contributed by atoms with Crippen molar-refractivity contribution < 1.29 is 9.53 Å². The molecule has 0 radical (unpaired) electrons. The lowest BCUT2D eigenvalue weighted by molar-refractivity contribution is -0.129. The summed E-state index contributed by atoms with van der Waals surface area (Å²) in [4.78, 5) is 30.9. The van der Waals surface area contributed by atoms with E-state index in [0.717, 1.165) is 82.8 Å². The van der Waals surface area contributed by atoms with Crippen LogP contribution in [0.15, 0.2) is 30.3 Å². The zero-order chi connectivity index (χ0) is 21.9. The number of nitrogens with zero attached hydrogens (tertiary/aromatic N) is 6. The smallest absolute Gasteiger partial charge is 0.227 e. The molecule has 4 heterocycles. The Hall–Kier alpha value is -2.71. The van der Waals surface area contributed by atoms with Gasteiger partial charge in [0.1, 0.15) is 5.82 Å². The number of piperazine rings is 1. The van der Waals surface area contributed by atoms with Crippen molar-refractivity contribution in [3.63, 3.8) is 0 Å². The first-order valence-electron chi connectivity index (χ1n) is 11.7. The highest BCUT2D eigenvalue weighted by molar-refractivity contribution is 5.73. The van der Waals surface area contributed by atoms with E-state index in [1.807, 2.05) is 4.90 Å². The average molecular weight is 437 g/mol. The summed E-state index contributed by atoms with van der Waals surface area (Å²) < 4.78 is 5.54. The highest BCUT2D eigenvalue weighted by Gasteiger charge is 2.29. The van der Waals surface area contributed by atoms with Crippen LogP contribution >= 0.6 is 0 Å². The van der Waals surface area contributed by atoms with Crippen molar-refractivity contribution >= 4 is 17.7 Å². The molecule has 0 bridgehead atoms. The van der Waals surface area contributed by atoms with Gasteiger partial charge in [-0.25, -0.2) is 4.98 Å². The second-order valence-corrected chi connectivity index (χ2v) is 8.81. The highest BCUT2D eigenvalue weighted by atomic mass is 16.5. The number of rotatable bonds is 4. The van der Waals surface area contributed by atoms with Crippen LogP contribution in [-0.4, -0.2) is 84.7 Å². The lowest BCUT2D eigenvalue weighted by Gasteiger charge is -2.38. The Labute approximate surface area is 189 Å². The molecule has 3 aliphatic heterocycles. The summed E-state index contributed by atoms with van der Waals surface area (Å²) >= 11 is 0. The molecule has 0 spiro atoms. The number of fused-ring (bicyclic) bond motifs is 1. The molecule has 0 saturated carbocycles. The molecule has 2 fully saturated rings. The van der Waals surface area contributed by atoms with Gasteiger partial charge in [-0.3, -0.25) is 9.69 Å². The molecule has 0 unspecified atom stereocenters. The second-order valence-electron chi connectivity index (χ2n) is 8.81. The number of ether oxygens (including phenoxy) is 1. The van der Waals surface area contributed by atoms with Gasteiger partial charge in [0.05, 0.1) is 18.9 Å². The van der Waals surface area contributed by atoms with Crippen molar-refractivity contribution in [1.29, 1.82) is 0 Å². The van der Waals surface area contributed by atoms with Crippen LogP contribution in [0.3, 0.4) is 0 Å². The van der Waals surface area contributed by atoms with Gasteiger partial charge in [-0.2, -0.15) is 4.98 Å². The number of hydrogen-bond donors (Lipinski definition) is 0. The van der Waals surface area contributed by atoms with E-state index in [9.17, 15) is 4.79 Å². The quantitative estimate of drug-likeness (QED) is 0.720. The van der Waals surface area contributed by atoms with Crippen molar-refractivity contribution in [2.75, 3.05) is 68.8 Å². The van der Waals surface area contributed by atoms with Crippen molar-refractivity contribution in [1.82, 2.24) is 19.8 Å². The molecule has 1 aromatic heterocycles. The fourth-order valence-corrected chi connectivity index (χ4v) is 4.83. The number of carbonyl (C=O) groups excluding carboxylic acids is 1. The topological polar surface area (TPSA) is 65.0 Å². The largest absolute Gasteiger partial charge is 0.378 e. The molecular weight excluding hydrogens is 404 g/mol. The molecule has 0 N–H and O–H groups in total. The molecule has 32 heavy (non-hydrogen) atoms. The Morgan fingerprint density at radius 3 is 2.41 bits per heavy atom. The maximum Gasteiger partial charge on any atom is 0.227 e. The molecule has 2 aromatic rings. The van der Waals surface area contributed by atoms with Crippen LogP contribution in [0, 0.1) is 0 Å². The van der Waals surface area contributed by atoms with Gasteiger partial charge in [-0.1, -0.05) is 30.3 Å². The Kier molecular flexibility index (Phi) is 6.23. The number of morpholine rings is 1. The van der Waals surface area contributed by atoms with Crippen molar-refractivity contribution in [2.24, 2.45) is 0 Å². The zero-order valence-electron chi connectivity index (χ0n) is 18.9. The summed E-state index contributed by atoms with van der Waals surface area (Å²) in [7, 11) is 0. The lowest BCUT2D eigenvalue weighted by Crippen LogP contribution is -2.49. The normalized spacial score (nSPS) is 19.7. The molecular formula is C24H32N6O2. The van der Waals surface area contributed by atoms with Gasteiger partial charge >= 0.3 is 0 Å². The third-order valence-electron chi connectivity index (χ3n) is 6.68. The Bertz CT molecular complexity index is 939. The molecule has 8 nitrogen and oxygen atoms in total. The fourth-order valence-electron chi connectivity index (χ4n) is 4.83. The van der Waals surface area contributed by atoms with E-state index in [2.05, 4.69) is 45.0 Å². The number of aromatic nitrogens is 2. The molecule has 2 saturated heterocycles. The maximum atomic E-state index is 11.8. The standard InChI is InChI=1S/C24H32N6O2/c1-19(31)28-9-11-29(12-10-28)23-21-7-8-27(17-20-5-3-2-4-6-20)18-22(21)25-24(26-23)30-13-15-32-16-14-30/h2-6H,7-18H2,1H3. The third kappa shape index (κ3) is 4.56. The van der Waals surface area contributed by atoms with E-state index in [1.54, 1.807) is 6.92 Å². The third-order valence-corrected chi connectivity index (χ3v) is 6.68. The number of amides is 1. The summed E-state index contributed by atoms with van der Waals surface area (Å²) in [6.45, 7) is 10.6. The fraction of sp³-hybridized carbons (Fsp3) is 0.542. The van der Waals surface area contributed by atoms with E-state index >= 15 is 0 Å². The van der Waals surface area contributed by atoms with Gasteiger partial charge in [0.15, 0.2) is 0 Å². The first kappa shape index (κ1) is 21.2. The van der Waals surface area contributed by atoms with Crippen LogP contribution in [0.1, 0.15) is 23.7 Å². The number of carbonyl (C=O) groups is 1. The minimum atomic E-state index is 0.153. The molecule has 0 aliphatic carbocycles. The minimum absolute atomic E-state index is 0.153. The van der Waals surface area contributed by atoms with Gasteiger partial charge in [0.25, 0.3) is 0 Å². The first-order valence-corrected chi connectivity index (χ1v) is 11.7. The summed E-state index contributed by atoms with van der Waals surface area (Å²) in [5.74, 6) is 2.04. The van der Waals surface area contributed by atoms with Gasteiger partial charge in [0, 0.05) is 71.4 Å². The van der Waals surface area contributed by atoms with Crippen LogP contribution in [0.4, 0.5) is 11.8 Å². The van der Waals surface area contributed by atoms with E-state index in [4.69, 9.17) is 14.7 Å². The zero-order valence-corrected chi connectivity index (χ0v) is 18.9. The van der Waals surface area contributed by atoms with Crippen molar-refractivity contribution in [3.05, 3.63) is 47.2 Å². The van der Waals surface area contributed by atoms with Crippen LogP contribution in [0.5, 0.6) is 0 Å². The van der Waals surface area contributed by atoms with Crippen LogP contribution < -0.4 is 9.80 Å². The highest BCUT2D eigenvalue weighted by Crippen LogP contribution is 2.30. The van der Waals surface area contributed by atoms with Crippen molar-refractivity contribution in [3.8, 4) is 0 Å². The van der Waals surface area contributed by atoms with Gasteiger partial charge in [-0.05, 0) is 12.0 Å². The number of benzene rings is 1. The summed E-state index contributed by atoms with van der Waals surface area (Å²) in [5, 5.41) is 0. The SMILES string of the molecule is CC(=O)N1CCN(c2nc(N3CCOCC3)nc3c2CCN(Cc2ccccc2)C3)CC1. The molecule has 3 aliphatic rings. The maximum absolute atomic E-state index is 11.8. The monoisotopic (exact) mass is 436 g/mol. The molecule has 170 valence electrons. The molecule has 1 aromatic carbocycles. The Morgan fingerprint density at radius 1 is 0.938 bits per heavy atom. The van der Waals surface area contributed by atoms with E-state index in [1.165, 1.54) is 11.1 Å². The van der Waals surface area contributed by atoms with Gasteiger partial charge < -0.3 is 19.4 Å². The summed E-state index contributed by atoms with van der Waals surface area (Å²) in [5.41, 5.74) is 3.76. The average Bonchev–Trinajstić information content (AvgIpc) is 2.84. The predicted molar refractivity (Wildman–Crippen MR) is 124 cm³/mol. The number of anilines is 2. The number of hydrogen-bond acceptors (Lipinski definition) is 7. The molecule has 5 rings (SSSR count). The predicted octanol–water partition coefficient (Wildman–Crippen LogP) is 1.54. The van der Waals surface area contributed by atoms with Crippen molar-refractivity contribution in [2.45, 2.75) is 26.4 Å². The Morgan fingerprint density at radius 2 is 1.69 bits per heavy atom. The van der Waals surface area contributed by atoms with Crippen LogP contribution in [-0.2, 0) is 29.0 Å². The Balaban J connectivity index is 1.41. The van der Waals surface area contributed by atoms with Crippen LogP contribution in [0.25, 0.3) is 0 Å². The second kappa shape index (κ2) is 9.42.